The van der Waals surface area contributed by atoms with Gasteiger partial charge in [-0.3, -0.25) is 4.79 Å². The fourth-order valence-corrected chi connectivity index (χ4v) is 3.44. The molecule has 2 aromatic rings. The van der Waals surface area contributed by atoms with Crippen molar-refractivity contribution in [3.05, 3.63) is 50.5 Å². The lowest BCUT2D eigenvalue weighted by atomic mass is 10.1. The zero-order chi connectivity index (χ0) is 19.6. The summed E-state index contributed by atoms with van der Waals surface area (Å²) < 4.78 is 27.9. The van der Waals surface area contributed by atoms with Crippen LogP contribution in [0.3, 0.4) is 0 Å². The number of ether oxygens (including phenoxy) is 1. The highest BCUT2D eigenvalue weighted by Crippen LogP contribution is 2.42. The van der Waals surface area contributed by atoms with Crippen molar-refractivity contribution < 1.29 is 17.9 Å². The number of anilines is 1. The maximum absolute atomic E-state index is 12.0. The molecular formula is C16H15Cl3N2O4S. The molecule has 0 saturated heterocycles. The predicted molar refractivity (Wildman–Crippen MR) is 103 cm³/mol. The van der Waals surface area contributed by atoms with Gasteiger partial charge in [0.05, 0.1) is 14.9 Å². The fraction of sp³-hybridized carbons (Fsp3) is 0.188. The average molecular weight is 438 g/mol. The van der Waals surface area contributed by atoms with Gasteiger partial charge in [-0.25, -0.2) is 13.6 Å². The summed E-state index contributed by atoms with van der Waals surface area (Å²) in [6.45, 7) is 3.08. The van der Waals surface area contributed by atoms with Crippen LogP contribution < -0.4 is 15.2 Å². The number of hydrogen-bond donors (Lipinski definition) is 2. The van der Waals surface area contributed by atoms with Crippen LogP contribution in [0.2, 0.25) is 15.1 Å². The molecule has 2 aromatic carbocycles. The van der Waals surface area contributed by atoms with E-state index < -0.39 is 15.9 Å². The van der Waals surface area contributed by atoms with Crippen molar-refractivity contribution >= 4 is 56.4 Å². The first kappa shape index (κ1) is 20.8. The molecule has 0 bridgehead atoms. The van der Waals surface area contributed by atoms with Gasteiger partial charge in [0.15, 0.2) is 12.4 Å². The zero-order valence-corrected chi connectivity index (χ0v) is 16.9. The number of rotatable bonds is 5. The second-order valence-corrected chi connectivity index (χ2v) is 8.12. The third-order valence-corrected chi connectivity index (χ3v) is 5.94. The van der Waals surface area contributed by atoms with Crippen molar-refractivity contribution in [2.75, 3.05) is 11.9 Å². The monoisotopic (exact) mass is 436 g/mol. The average Bonchev–Trinajstić information content (AvgIpc) is 2.58. The van der Waals surface area contributed by atoms with Crippen molar-refractivity contribution in [2.24, 2.45) is 5.14 Å². The summed E-state index contributed by atoms with van der Waals surface area (Å²) in [6, 6.07) is 5.39. The topological polar surface area (TPSA) is 98.5 Å². The lowest BCUT2D eigenvalue weighted by Gasteiger charge is -2.15. The van der Waals surface area contributed by atoms with Crippen molar-refractivity contribution in [2.45, 2.75) is 18.7 Å². The molecule has 10 heteroatoms. The molecule has 140 valence electrons. The van der Waals surface area contributed by atoms with Gasteiger partial charge in [-0.1, -0.05) is 34.8 Å². The zero-order valence-electron chi connectivity index (χ0n) is 13.8. The van der Waals surface area contributed by atoms with E-state index in [0.29, 0.717) is 21.8 Å². The number of amides is 1. The highest BCUT2D eigenvalue weighted by molar-refractivity contribution is 7.89. The number of sulfonamides is 1. The fourth-order valence-electron chi connectivity index (χ4n) is 2.10. The quantitative estimate of drug-likeness (QED) is 0.740. The van der Waals surface area contributed by atoms with Gasteiger partial charge in [-0.05, 0) is 49.2 Å². The number of nitrogens with one attached hydrogen (secondary N) is 1. The van der Waals surface area contributed by atoms with E-state index in [-0.39, 0.29) is 27.3 Å². The first-order chi connectivity index (χ1) is 12.0. The van der Waals surface area contributed by atoms with Gasteiger partial charge in [0.2, 0.25) is 10.0 Å². The molecule has 0 aliphatic rings. The Morgan fingerprint density at radius 3 is 2.00 bits per heavy atom. The molecule has 6 nitrogen and oxygen atoms in total. The van der Waals surface area contributed by atoms with Crippen molar-refractivity contribution in [3.63, 3.8) is 0 Å². The summed E-state index contributed by atoms with van der Waals surface area (Å²) in [5, 5.41) is 8.47. The SMILES string of the molecule is Cc1c(Cl)c(C)c(Cl)c(OCC(=O)Nc2ccc(S(N)(=O)=O)cc2)c1Cl. The number of halogens is 3. The van der Waals surface area contributed by atoms with E-state index >= 15 is 0 Å². The van der Waals surface area contributed by atoms with Crippen LogP contribution in [-0.4, -0.2) is 20.9 Å². The Balaban J connectivity index is 2.08. The maximum atomic E-state index is 12.0. The van der Waals surface area contributed by atoms with Crippen LogP contribution in [0, 0.1) is 13.8 Å². The summed E-state index contributed by atoms with van der Waals surface area (Å²) in [4.78, 5) is 12.0. The summed E-state index contributed by atoms with van der Waals surface area (Å²) >= 11 is 18.5. The van der Waals surface area contributed by atoms with E-state index in [1.54, 1.807) is 13.8 Å². The Hall–Kier alpha value is -1.51. The second-order valence-electron chi connectivity index (χ2n) is 5.43. The minimum absolute atomic E-state index is 0.0579. The molecule has 26 heavy (non-hydrogen) atoms. The van der Waals surface area contributed by atoms with Crippen LogP contribution in [-0.2, 0) is 14.8 Å². The van der Waals surface area contributed by atoms with E-state index in [9.17, 15) is 13.2 Å². The van der Waals surface area contributed by atoms with Gasteiger partial charge < -0.3 is 10.1 Å². The van der Waals surface area contributed by atoms with Gasteiger partial charge in [-0.15, -0.1) is 0 Å². The summed E-state index contributed by atoms with van der Waals surface area (Å²) in [5.41, 5.74) is 1.58. The number of hydrogen-bond acceptors (Lipinski definition) is 4. The third-order valence-electron chi connectivity index (χ3n) is 3.53. The first-order valence-electron chi connectivity index (χ1n) is 7.21. The Kier molecular flexibility index (Phi) is 6.42. The molecule has 0 atom stereocenters. The van der Waals surface area contributed by atoms with Gasteiger partial charge in [0.1, 0.15) is 0 Å². The lowest BCUT2D eigenvalue weighted by Crippen LogP contribution is -2.20. The molecule has 2 rings (SSSR count). The lowest BCUT2D eigenvalue weighted by molar-refractivity contribution is -0.118. The molecule has 1 amide bonds. The highest BCUT2D eigenvalue weighted by Gasteiger charge is 2.18. The van der Waals surface area contributed by atoms with Gasteiger partial charge in [0, 0.05) is 10.7 Å². The first-order valence-corrected chi connectivity index (χ1v) is 9.89. The smallest absolute Gasteiger partial charge is 0.262 e. The molecular weight excluding hydrogens is 423 g/mol. The Labute approximate surface area is 166 Å². The largest absolute Gasteiger partial charge is 0.481 e. The van der Waals surface area contributed by atoms with Crippen LogP contribution in [0.25, 0.3) is 0 Å². The van der Waals surface area contributed by atoms with Gasteiger partial charge >= 0.3 is 0 Å². The normalized spacial score (nSPS) is 11.3. The Bertz CT molecular complexity index is 931. The molecule has 0 fully saturated rings. The molecule has 0 spiro atoms. The molecule has 0 aliphatic heterocycles. The van der Waals surface area contributed by atoms with Gasteiger partial charge in [0.25, 0.3) is 5.91 Å². The summed E-state index contributed by atoms with van der Waals surface area (Å²) in [6.07, 6.45) is 0. The van der Waals surface area contributed by atoms with Crippen LogP contribution in [0.15, 0.2) is 29.2 Å². The minimum atomic E-state index is -3.79. The molecule has 0 aromatic heterocycles. The standard InChI is InChI=1S/C16H15Cl3N2O4S/c1-8-13(17)9(2)15(19)16(14(8)18)25-7-12(22)21-10-3-5-11(6-4-10)26(20,23)24/h3-6H,7H2,1-2H3,(H,21,22)(H2,20,23,24). The van der Waals surface area contributed by atoms with E-state index in [0.717, 1.165) is 0 Å². The predicted octanol–water partition coefficient (Wildman–Crippen LogP) is 3.93. The molecule has 0 aliphatic carbocycles. The van der Waals surface area contributed by atoms with E-state index in [2.05, 4.69) is 5.32 Å². The Morgan fingerprint density at radius 1 is 1.04 bits per heavy atom. The third kappa shape index (κ3) is 4.61. The van der Waals surface area contributed by atoms with E-state index in [4.69, 9.17) is 44.7 Å². The molecule has 0 radical (unpaired) electrons. The Morgan fingerprint density at radius 2 is 1.54 bits per heavy atom. The van der Waals surface area contributed by atoms with Crippen LogP contribution in [0.1, 0.15) is 11.1 Å². The van der Waals surface area contributed by atoms with E-state index in [1.807, 2.05) is 0 Å². The number of carbonyl (C=O) groups excluding carboxylic acids is 1. The number of nitrogens with two attached hydrogens (primary N) is 1. The van der Waals surface area contributed by atoms with E-state index in [1.165, 1.54) is 24.3 Å². The molecule has 0 saturated carbocycles. The van der Waals surface area contributed by atoms with Crippen molar-refractivity contribution in [3.8, 4) is 5.75 Å². The summed E-state index contributed by atoms with van der Waals surface area (Å²) in [5.74, 6) is -0.307. The number of carbonyl (C=O) groups is 1. The van der Waals surface area contributed by atoms with Crippen molar-refractivity contribution in [1.82, 2.24) is 0 Å². The van der Waals surface area contributed by atoms with Crippen LogP contribution in [0.4, 0.5) is 5.69 Å². The molecule has 3 N–H and O–H groups in total. The molecule has 0 heterocycles. The van der Waals surface area contributed by atoms with Crippen LogP contribution >= 0.6 is 34.8 Å². The van der Waals surface area contributed by atoms with Gasteiger partial charge in [-0.2, -0.15) is 0 Å². The number of primary sulfonamides is 1. The maximum Gasteiger partial charge on any atom is 0.262 e. The molecule has 0 unspecified atom stereocenters. The summed E-state index contributed by atoms with van der Waals surface area (Å²) in [7, 11) is -3.79. The van der Waals surface area contributed by atoms with Crippen LogP contribution in [0.5, 0.6) is 5.75 Å². The second kappa shape index (κ2) is 8.02. The van der Waals surface area contributed by atoms with Crippen molar-refractivity contribution in [1.29, 1.82) is 0 Å². The number of benzene rings is 2. The minimum Gasteiger partial charge on any atom is -0.481 e. The highest BCUT2D eigenvalue weighted by atomic mass is 35.5.